The molecular formula is C15H21N3O3. The number of methoxy groups -OCH3 is 3. The number of rotatable bonds is 5. The molecule has 0 radical (unpaired) electrons. The molecule has 1 N–H and O–H groups in total. The van der Waals surface area contributed by atoms with E-state index < -0.39 is 6.04 Å². The van der Waals surface area contributed by atoms with Crippen molar-refractivity contribution in [1.82, 2.24) is 10.2 Å². The van der Waals surface area contributed by atoms with Crippen LogP contribution < -0.4 is 19.5 Å². The van der Waals surface area contributed by atoms with Gasteiger partial charge >= 0.3 is 0 Å². The molecule has 21 heavy (non-hydrogen) atoms. The summed E-state index contributed by atoms with van der Waals surface area (Å²) in [6.45, 7) is 3.38. The molecule has 1 heterocycles. The molecule has 0 amide bonds. The second-order valence-corrected chi connectivity index (χ2v) is 4.76. The van der Waals surface area contributed by atoms with E-state index >= 15 is 0 Å². The number of hydrogen-bond donors (Lipinski definition) is 1. The lowest BCUT2D eigenvalue weighted by atomic mass is 10.0. The molecule has 1 aliphatic rings. The van der Waals surface area contributed by atoms with E-state index in [2.05, 4.69) is 16.3 Å². The molecule has 6 heteroatoms. The Balaban J connectivity index is 2.46. The molecule has 1 aromatic rings. The van der Waals surface area contributed by atoms with Gasteiger partial charge in [0.15, 0.2) is 0 Å². The standard InChI is InChI=1S/C15H21N3O3/c1-19-11-8-13(20-2)15(14(9-11)21-3)12(10-16)18-6-4-17-5-7-18/h8-9,12,17H,4-7H2,1-3H3. The molecule has 1 aromatic carbocycles. The SMILES string of the molecule is COc1cc(OC)c(C(C#N)N2CCNCC2)c(OC)c1. The van der Waals surface area contributed by atoms with Crippen LogP contribution in [0.5, 0.6) is 17.2 Å². The number of benzene rings is 1. The molecule has 114 valence electrons. The van der Waals surface area contributed by atoms with Crippen molar-refractivity contribution < 1.29 is 14.2 Å². The van der Waals surface area contributed by atoms with Gasteiger partial charge in [-0.3, -0.25) is 4.90 Å². The molecule has 0 aliphatic carbocycles. The van der Waals surface area contributed by atoms with Crippen LogP contribution in [-0.2, 0) is 0 Å². The minimum absolute atomic E-state index is 0.400. The number of nitrogens with one attached hydrogen (secondary N) is 1. The second kappa shape index (κ2) is 7.16. The molecule has 0 aromatic heterocycles. The number of hydrogen-bond acceptors (Lipinski definition) is 6. The Kier molecular flexibility index (Phi) is 5.26. The predicted molar refractivity (Wildman–Crippen MR) is 78.9 cm³/mol. The highest BCUT2D eigenvalue weighted by atomic mass is 16.5. The van der Waals surface area contributed by atoms with Crippen LogP contribution in [0.15, 0.2) is 12.1 Å². The summed E-state index contributed by atoms with van der Waals surface area (Å²) < 4.78 is 16.1. The quantitative estimate of drug-likeness (QED) is 0.879. The van der Waals surface area contributed by atoms with E-state index in [-0.39, 0.29) is 0 Å². The summed E-state index contributed by atoms with van der Waals surface area (Å²) in [5.74, 6) is 1.86. The van der Waals surface area contributed by atoms with Gasteiger partial charge in [0.25, 0.3) is 0 Å². The lowest BCUT2D eigenvalue weighted by Gasteiger charge is -2.32. The fourth-order valence-electron chi connectivity index (χ4n) is 2.57. The van der Waals surface area contributed by atoms with E-state index in [4.69, 9.17) is 14.2 Å². The average Bonchev–Trinajstić information content (AvgIpc) is 2.56. The van der Waals surface area contributed by atoms with Gasteiger partial charge in [0, 0.05) is 38.3 Å². The topological polar surface area (TPSA) is 66.8 Å². The summed E-state index contributed by atoms with van der Waals surface area (Å²) in [5.41, 5.74) is 0.755. The first-order valence-electron chi connectivity index (χ1n) is 6.89. The lowest BCUT2D eigenvalue weighted by molar-refractivity contribution is 0.201. The van der Waals surface area contributed by atoms with Crippen LogP contribution in [0.2, 0.25) is 0 Å². The highest BCUT2D eigenvalue weighted by molar-refractivity contribution is 5.53. The third-order valence-electron chi connectivity index (χ3n) is 3.67. The van der Waals surface area contributed by atoms with Gasteiger partial charge in [-0.05, 0) is 0 Å². The maximum atomic E-state index is 9.64. The van der Waals surface area contributed by atoms with Crippen LogP contribution in [-0.4, -0.2) is 52.4 Å². The van der Waals surface area contributed by atoms with Gasteiger partial charge in [0.2, 0.25) is 0 Å². The van der Waals surface area contributed by atoms with Crippen molar-refractivity contribution in [1.29, 1.82) is 5.26 Å². The summed E-state index contributed by atoms with van der Waals surface area (Å²) in [4.78, 5) is 2.13. The fourth-order valence-corrected chi connectivity index (χ4v) is 2.57. The van der Waals surface area contributed by atoms with Crippen LogP contribution in [0.4, 0.5) is 0 Å². The largest absolute Gasteiger partial charge is 0.496 e. The summed E-state index contributed by atoms with van der Waals surface area (Å²) in [5, 5.41) is 12.9. The molecule has 0 saturated carbocycles. The van der Waals surface area contributed by atoms with E-state index in [0.29, 0.717) is 17.2 Å². The monoisotopic (exact) mass is 291 g/mol. The van der Waals surface area contributed by atoms with Crippen molar-refractivity contribution >= 4 is 0 Å². The van der Waals surface area contributed by atoms with Gasteiger partial charge in [-0.25, -0.2) is 0 Å². The van der Waals surface area contributed by atoms with Crippen LogP contribution in [0, 0.1) is 11.3 Å². The van der Waals surface area contributed by atoms with Gasteiger partial charge in [0.05, 0.1) is 33.0 Å². The maximum absolute atomic E-state index is 9.64. The summed E-state index contributed by atoms with van der Waals surface area (Å²) in [6.07, 6.45) is 0. The highest BCUT2D eigenvalue weighted by Gasteiger charge is 2.28. The van der Waals surface area contributed by atoms with Gasteiger partial charge in [-0.2, -0.15) is 5.26 Å². The molecule has 1 unspecified atom stereocenters. The van der Waals surface area contributed by atoms with Gasteiger partial charge in [0.1, 0.15) is 23.3 Å². The first-order valence-corrected chi connectivity index (χ1v) is 6.89. The normalized spacial score (nSPS) is 16.9. The first kappa shape index (κ1) is 15.4. The Bertz CT molecular complexity index is 496. The Labute approximate surface area is 125 Å². The summed E-state index contributed by atoms with van der Waals surface area (Å²) in [7, 11) is 4.76. The minimum atomic E-state index is -0.400. The van der Waals surface area contributed by atoms with Crippen molar-refractivity contribution in [3.8, 4) is 23.3 Å². The van der Waals surface area contributed by atoms with Crippen LogP contribution in [0.25, 0.3) is 0 Å². The van der Waals surface area contributed by atoms with Crippen molar-refractivity contribution in [2.75, 3.05) is 47.5 Å². The second-order valence-electron chi connectivity index (χ2n) is 4.76. The molecule has 0 bridgehead atoms. The Morgan fingerprint density at radius 3 is 2.10 bits per heavy atom. The number of nitriles is 1. The Hall–Kier alpha value is -1.97. The van der Waals surface area contributed by atoms with Crippen molar-refractivity contribution in [3.05, 3.63) is 17.7 Å². The predicted octanol–water partition coefficient (Wildman–Crippen LogP) is 1.18. The van der Waals surface area contributed by atoms with Gasteiger partial charge in [-0.15, -0.1) is 0 Å². The first-order chi connectivity index (χ1) is 10.2. The third kappa shape index (κ3) is 3.20. The zero-order chi connectivity index (χ0) is 15.2. The number of ether oxygens (including phenoxy) is 3. The third-order valence-corrected chi connectivity index (χ3v) is 3.67. The molecule has 1 aliphatic heterocycles. The molecule has 6 nitrogen and oxygen atoms in total. The highest BCUT2D eigenvalue weighted by Crippen LogP contribution is 2.40. The van der Waals surface area contributed by atoms with Gasteiger partial charge < -0.3 is 19.5 Å². The van der Waals surface area contributed by atoms with E-state index in [1.54, 1.807) is 33.5 Å². The fraction of sp³-hybridized carbons (Fsp3) is 0.533. The molecule has 2 rings (SSSR count). The molecule has 1 saturated heterocycles. The van der Waals surface area contributed by atoms with E-state index in [0.717, 1.165) is 31.7 Å². The van der Waals surface area contributed by atoms with Crippen LogP contribution in [0.3, 0.4) is 0 Å². The summed E-state index contributed by atoms with van der Waals surface area (Å²) >= 11 is 0. The van der Waals surface area contributed by atoms with Crippen molar-refractivity contribution in [3.63, 3.8) is 0 Å². The minimum Gasteiger partial charge on any atom is -0.496 e. The molecule has 1 atom stereocenters. The average molecular weight is 291 g/mol. The summed E-state index contributed by atoms with van der Waals surface area (Å²) in [6, 6.07) is 5.54. The van der Waals surface area contributed by atoms with E-state index in [1.165, 1.54) is 0 Å². The molecular weight excluding hydrogens is 270 g/mol. The zero-order valence-electron chi connectivity index (χ0n) is 12.7. The van der Waals surface area contributed by atoms with Crippen molar-refractivity contribution in [2.45, 2.75) is 6.04 Å². The Morgan fingerprint density at radius 2 is 1.67 bits per heavy atom. The van der Waals surface area contributed by atoms with Crippen molar-refractivity contribution in [2.24, 2.45) is 0 Å². The van der Waals surface area contributed by atoms with E-state index in [9.17, 15) is 5.26 Å². The molecule has 0 spiro atoms. The van der Waals surface area contributed by atoms with E-state index in [1.807, 2.05) is 0 Å². The van der Waals surface area contributed by atoms with Crippen LogP contribution >= 0.6 is 0 Å². The van der Waals surface area contributed by atoms with Gasteiger partial charge in [-0.1, -0.05) is 0 Å². The zero-order valence-corrected chi connectivity index (χ0v) is 12.7. The lowest BCUT2D eigenvalue weighted by Crippen LogP contribution is -2.45. The maximum Gasteiger partial charge on any atom is 0.132 e. The Morgan fingerprint density at radius 1 is 1.10 bits per heavy atom. The number of piperazine rings is 1. The number of nitrogens with zero attached hydrogens (tertiary/aromatic N) is 2. The van der Waals surface area contributed by atoms with Crippen LogP contribution in [0.1, 0.15) is 11.6 Å². The molecule has 1 fully saturated rings. The smallest absolute Gasteiger partial charge is 0.132 e.